The van der Waals surface area contributed by atoms with Crippen LogP contribution in [0.5, 0.6) is 0 Å². The third-order valence-electron chi connectivity index (χ3n) is 2.88. The van der Waals surface area contributed by atoms with Crippen LogP contribution in [0.15, 0.2) is 0 Å². The van der Waals surface area contributed by atoms with Crippen LogP contribution in [-0.2, 0) is 14.3 Å². The van der Waals surface area contributed by atoms with Crippen molar-refractivity contribution >= 4 is 11.8 Å². The van der Waals surface area contributed by atoms with Crippen molar-refractivity contribution in [1.29, 1.82) is 0 Å². The van der Waals surface area contributed by atoms with Crippen LogP contribution in [-0.4, -0.2) is 49.6 Å². The van der Waals surface area contributed by atoms with Gasteiger partial charge in [-0.3, -0.25) is 9.59 Å². The Bertz CT molecular complexity index is 291. The van der Waals surface area contributed by atoms with Crippen LogP contribution < -0.4 is 5.32 Å². The van der Waals surface area contributed by atoms with E-state index in [-0.39, 0.29) is 36.2 Å². The van der Waals surface area contributed by atoms with Gasteiger partial charge in [0.2, 0.25) is 11.8 Å². The van der Waals surface area contributed by atoms with Crippen LogP contribution in [0.2, 0.25) is 0 Å². The molecule has 1 saturated heterocycles. The Morgan fingerprint density at radius 1 is 1.41 bits per heavy atom. The molecule has 5 nitrogen and oxygen atoms in total. The largest absolute Gasteiger partial charge is 0.384 e. The van der Waals surface area contributed by atoms with Crippen LogP contribution in [0.4, 0.5) is 0 Å². The Labute approximate surface area is 102 Å². The molecular weight excluding hydrogens is 220 g/mol. The van der Waals surface area contributed by atoms with Gasteiger partial charge in [0.25, 0.3) is 0 Å². The molecule has 17 heavy (non-hydrogen) atoms. The van der Waals surface area contributed by atoms with Crippen LogP contribution in [0.25, 0.3) is 0 Å². The van der Waals surface area contributed by atoms with E-state index in [9.17, 15) is 9.59 Å². The zero-order valence-electron chi connectivity index (χ0n) is 11.0. The molecule has 1 fully saturated rings. The standard InChI is InChI=1S/C12H22N2O3/c1-8(2)11-12(16)14(6-10(15)13-11)5-9(3)7-17-4/h8-9,11H,5-7H2,1-4H3,(H,13,15). The number of carbonyl (C=O) groups excluding carboxylic acids is 2. The Balaban J connectivity index is 2.64. The van der Waals surface area contributed by atoms with E-state index in [0.717, 1.165) is 0 Å². The first-order valence-corrected chi connectivity index (χ1v) is 6.02. The minimum Gasteiger partial charge on any atom is -0.384 e. The highest BCUT2D eigenvalue weighted by molar-refractivity contribution is 5.94. The molecule has 0 spiro atoms. The summed E-state index contributed by atoms with van der Waals surface area (Å²) in [6.07, 6.45) is 0. The van der Waals surface area contributed by atoms with Gasteiger partial charge in [-0.15, -0.1) is 0 Å². The molecule has 1 N–H and O–H groups in total. The molecule has 1 aliphatic heterocycles. The molecule has 2 atom stereocenters. The molecule has 0 bridgehead atoms. The molecule has 1 rings (SSSR count). The van der Waals surface area contributed by atoms with Crippen LogP contribution >= 0.6 is 0 Å². The molecule has 0 aliphatic carbocycles. The summed E-state index contributed by atoms with van der Waals surface area (Å²) in [5.74, 6) is 0.296. The molecule has 2 amide bonds. The number of piperazine rings is 1. The van der Waals surface area contributed by atoms with Gasteiger partial charge in [0.1, 0.15) is 6.04 Å². The summed E-state index contributed by atoms with van der Waals surface area (Å²) in [5, 5.41) is 2.74. The number of ether oxygens (including phenoxy) is 1. The number of nitrogens with one attached hydrogen (secondary N) is 1. The lowest BCUT2D eigenvalue weighted by molar-refractivity contribution is -0.146. The maximum atomic E-state index is 12.1. The van der Waals surface area contributed by atoms with Gasteiger partial charge >= 0.3 is 0 Å². The van der Waals surface area contributed by atoms with E-state index in [4.69, 9.17) is 4.74 Å². The second-order valence-electron chi connectivity index (χ2n) is 5.07. The average molecular weight is 242 g/mol. The molecule has 5 heteroatoms. The molecule has 98 valence electrons. The Morgan fingerprint density at radius 3 is 2.59 bits per heavy atom. The zero-order chi connectivity index (χ0) is 13.0. The summed E-state index contributed by atoms with van der Waals surface area (Å²) in [5.41, 5.74) is 0. The second-order valence-corrected chi connectivity index (χ2v) is 5.07. The number of hydrogen-bond acceptors (Lipinski definition) is 3. The highest BCUT2D eigenvalue weighted by atomic mass is 16.5. The molecule has 0 radical (unpaired) electrons. The lowest BCUT2D eigenvalue weighted by Gasteiger charge is -2.35. The van der Waals surface area contributed by atoms with E-state index >= 15 is 0 Å². The Hall–Kier alpha value is -1.10. The smallest absolute Gasteiger partial charge is 0.245 e. The summed E-state index contributed by atoms with van der Waals surface area (Å²) in [6, 6.07) is -0.383. The number of methoxy groups -OCH3 is 1. The number of rotatable bonds is 5. The highest BCUT2D eigenvalue weighted by Gasteiger charge is 2.34. The molecule has 0 aromatic carbocycles. The molecule has 2 unspecified atom stereocenters. The number of nitrogens with zero attached hydrogens (tertiary/aromatic N) is 1. The quantitative estimate of drug-likeness (QED) is 0.752. The SMILES string of the molecule is COCC(C)CN1CC(=O)NC(C(C)C)C1=O. The van der Waals surface area contributed by atoms with Crippen molar-refractivity contribution in [3.05, 3.63) is 0 Å². The van der Waals surface area contributed by atoms with Gasteiger partial charge in [-0.25, -0.2) is 0 Å². The minimum atomic E-state index is -0.383. The first-order chi connectivity index (χ1) is 7.95. The minimum absolute atomic E-state index is 0.0163. The average Bonchev–Trinajstić information content (AvgIpc) is 2.22. The monoisotopic (exact) mass is 242 g/mol. The fourth-order valence-electron chi connectivity index (χ4n) is 2.05. The molecule has 1 heterocycles. The van der Waals surface area contributed by atoms with Gasteiger partial charge in [0.15, 0.2) is 0 Å². The molecule has 0 saturated carbocycles. The predicted octanol–water partition coefficient (Wildman–Crippen LogP) is 0.252. The van der Waals surface area contributed by atoms with Crippen molar-refractivity contribution in [2.24, 2.45) is 11.8 Å². The third kappa shape index (κ3) is 3.70. The van der Waals surface area contributed by atoms with E-state index in [1.54, 1.807) is 12.0 Å². The summed E-state index contributed by atoms with van der Waals surface area (Å²) in [4.78, 5) is 25.3. The van der Waals surface area contributed by atoms with Crippen molar-refractivity contribution in [3.8, 4) is 0 Å². The maximum Gasteiger partial charge on any atom is 0.245 e. The van der Waals surface area contributed by atoms with Crippen LogP contribution in [0.3, 0.4) is 0 Å². The van der Waals surface area contributed by atoms with Crippen molar-refractivity contribution < 1.29 is 14.3 Å². The molecular formula is C12H22N2O3. The normalized spacial score (nSPS) is 22.9. The van der Waals surface area contributed by atoms with Crippen molar-refractivity contribution in [2.45, 2.75) is 26.8 Å². The zero-order valence-corrected chi connectivity index (χ0v) is 11.0. The maximum absolute atomic E-state index is 12.1. The predicted molar refractivity (Wildman–Crippen MR) is 64.4 cm³/mol. The second kappa shape index (κ2) is 6.00. The molecule has 1 aliphatic rings. The van der Waals surface area contributed by atoms with Crippen molar-refractivity contribution in [2.75, 3.05) is 26.8 Å². The first-order valence-electron chi connectivity index (χ1n) is 6.02. The first kappa shape index (κ1) is 14.0. The lowest BCUT2D eigenvalue weighted by atomic mass is 10.00. The van der Waals surface area contributed by atoms with Gasteiger partial charge in [-0.2, -0.15) is 0 Å². The van der Waals surface area contributed by atoms with Crippen LogP contribution in [0.1, 0.15) is 20.8 Å². The van der Waals surface area contributed by atoms with E-state index < -0.39 is 0 Å². The Morgan fingerprint density at radius 2 is 2.06 bits per heavy atom. The Kier molecular flexibility index (Phi) is 4.93. The summed E-state index contributed by atoms with van der Waals surface area (Å²) >= 11 is 0. The highest BCUT2D eigenvalue weighted by Crippen LogP contribution is 2.12. The number of hydrogen-bond donors (Lipinski definition) is 1. The number of carbonyl (C=O) groups is 2. The van der Waals surface area contributed by atoms with E-state index in [1.165, 1.54) is 0 Å². The fraction of sp³-hybridized carbons (Fsp3) is 0.833. The van der Waals surface area contributed by atoms with Crippen LogP contribution in [0, 0.1) is 11.8 Å². The topological polar surface area (TPSA) is 58.6 Å². The van der Waals surface area contributed by atoms with E-state index in [2.05, 4.69) is 5.32 Å². The van der Waals surface area contributed by atoms with Crippen molar-refractivity contribution in [3.63, 3.8) is 0 Å². The number of amides is 2. The van der Waals surface area contributed by atoms with E-state index in [1.807, 2.05) is 20.8 Å². The third-order valence-corrected chi connectivity index (χ3v) is 2.88. The van der Waals surface area contributed by atoms with Crippen molar-refractivity contribution in [1.82, 2.24) is 10.2 Å². The van der Waals surface area contributed by atoms with Gasteiger partial charge in [-0.1, -0.05) is 20.8 Å². The summed E-state index contributed by atoms with van der Waals surface area (Å²) < 4.78 is 5.04. The van der Waals surface area contributed by atoms with Gasteiger partial charge in [0, 0.05) is 13.7 Å². The van der Waals surface area contributed by atoms with Gasteiger partial charge in [0.05, 0.1) is 13.2 Å². The lowest BCUT2D eigenvalue weighted by Crippen LogP contribution is -2.60. The fourth-order valence-corrected chi connectivity index (χ4v) is 2.05. The van der Waals surface area contributed by atoms with E-state index in [0.29, 0.717) is 13.2 Å². The summed E-state index contributed by atoms with van der Waals surface area (Å²) in [7, 11) is 1.64. The van der Waals surface area contributed by atoms with Gasteiger partial charge in [-0.05, 0) is 11.8 Å². The molecule has 0 aromatic rings. The van der Waals surface area contributed by atoms with Gasteiger partial charge < -0.3 is 15.0 Å². The molecule has 0 aromatic heterocycles. The summed E-state index contributed by atoms with van der Waals surface area (Å²) in [6.45, 7) is 7.21.